The number of rotatable bonds is 4. The van der Waals surface area contributed by atoms with Gasteiger partial charge in [0.25, 0.3) is 5.91 Å². The molecule has 1 aliphatic rings. The van der Waals surface area contributed by atoms with E-state index in [2.05, 4.69) is 15.5 Å². The van der Waals surface area contributed by atoms with Gasteiger partial charge in [0, 0.05) is 11.7 Å². The Morgan fingerprint density at radius 1 is 1.14 bits per heavy atom. The van der Waals surface area contributed by atoms with Gasteiger partial charge in [0.1, 0.15) is 6.33 Å². The number of para-hydroxylation sites is 1. The highest BCUT2D eigenvalue weighted by Crippen LogP contribution is 2.32. The second-order valence-electron chi connectivity index (χ2n) is 6.74. The fourth-order valence-electron chi connectivity index (χ4n) is 3.41. The van der Waals surface area contributed by atoms with Crippen LogP contribution in [-0.2, 0) is 16.0 Å². The number of fused-ring (bicyclic) bond motifs is 1. The molecule has 0 saturated heterocycles. The SMILES string of the molecule is C[C@@H](OC(=O)c1ccc(-n2cnnn2)cc1)C(=O)N1c2ccccc2C[C@@H]1C. The van der Waals surface area contributed by atoms with Crippen molar-refractivity contribution in [2.24, 2.45) is 0 Å². The Balaban J connectivity index is 1.45. The second-order valence-corrected chi connectivity index (χ2v) is 6.74. The van der Waals surface area contributed by atoms with Gasteiger partial charge in [-0.2, -0.15) is 0 Å². The molecule has 0 N–H and O–H groups in total. The summed E-state index contributed by atoms with van der Waals surface area (Å²) in [4.78, 5) is 27.1. The van der Waals surface area contributed by atoms with Crippen LogP contribution >= 0.6 is 0 Å². The molecular formula is C20H19N5O3. The fraction of sp³-hybridized carbons (Fsp3) is 0.250. The number of tetrazole rings is 1. The zero-order valence-corrected chi connectivity index (χ0v) is 15.5. The van der Waals surface area contributed by atoms with E-state index in [0.29, 0.717) is 11.3 Å². The second kappa shape index (κ2) is 7.22. The molecule has 0 fully saturated rings. The van der Waals surface area contributed by atoms with Crippen LogP contribution in [0.1, 0.15) is 29.8 Å². The van der Waals surface area contributed by atoms with Gasteiger partial charge in [-0.3, -0.25) is 4.79 Å². The first-order valence-electron chi connectivity index (χ1n) is 9.00. The predicted octanol–water partition coefficient (Wildman–Crippen LogP) is 2.19. The summed E-state index contributed by atoms with van der Waals surface area (Å²) in [6.45, 7) is 3.59. The summed E-state index contributed by atoms with van der Waals surface area (Å²) in [5, 5.41) is 10.9. The number of amides is 1. The molecule has 8 heteroatoms. The summed E-state index contributed by atoms with van der Waals surface area (Å²) in [6.07, 6.45) is 1.37. The number of nitrogens with zero attached hydrogens (tertiary/aromatic N) is 5. The molecule has 0 aliphatic carbocycles. The first-order chi connectivity index (χ1) is 13.5. The van der Waals surface area contributed by atoms with Crippen molar-refractivity contribution in [3.8, 4) is 5.69 Å². The minimum atomic E-state index is -0.889. The maximum absolute atomic E-state index is 12.9. The first kappa shape index (κ1) is 17.8. The number of carbonyl (C=O) groups excluding carboxylic acids is 2. The van der Waals surface area contributed by atoms with E-state index in [1.807, 2.05) is 31.2 Å². The quantitative estimate of drug-likeness (QED) is 0.648. The maximum atomic E-state index is 12.9. The number of hydrogen-bond donors (Lipinski definition) is 0. The van der Waals surface area contributed by atoms with Crippen LogP contribution < -0.4 is 4.90 Å². The van der Waals surface area contributed by atoms with E-state index in [4.69, 9.17) is 4.74 Å². The van der Waals surface area contributed by atoms with E-state index in [9.17, 15) is 9.59 Å². The molecule has 0 saturated carbocycles. The van der Waals surface area contributed by atoms with Crippen LogP contribution in [0.4, 0.5) is 5.69 Å². The molecule has 3 aromatic rings. The molecule has 2 atom stereocenters. The van der Waals surface area contributed by atoms with Crippen molar-refractivity contribution in [1.29, 1.82) is 0 Å². The summed E-state index contributed by atoms with van der Waals surface area (Å²) in [7, 11) is 0. The Morgan fingerprint density at radius 2 is 1.89 bits per heavy atom. The third-order valence-electron chi connectivity index (χ3n) is 4.79. The average Bonchev–Trinajstić information content (AvgIpc) is 3.34. The molecule has 8 nitrogen and oxygen atoms in total. The molecule has 2 aromatic carbocycles. The van der Waals surface area contributed by atoms with E-state index in [1.165, 1.54) is 11.0 Å². The molecule has 0 unspecified atom stereocenters. The molecule has 0 bridgehead atoms. The third kappa shape index (κ3) is 3.24. The predicted molar refractivity (Wildman–Crippen MR) is 101 cm³/mol. The lowest BCUT2D eigenvalue weighted by Crippen LogP contribution is -2.43. The Kier molecular flexibility index (Phi) is 4.60. The Morgan fingerprint density at radius 3 is 2.61 bits per heavy atom. The number of esters is 1. The smallest absolute Gasteiger partial charge is 0.338 e. The van der Waals surface area contributed by atoms with E-state index in [0.717, 1.165) is 17.7 Å². The summed E-state index contributed by atoms with van der Waals surface area (Å²) in [5.41, 5.74) is 3.08. The van der Waals surface area contributed by atoms with Crippen molar-refractivity contribution < 1.29 is 14.3 Å². The lowest BCUT2D eigenvalue weighted by atomic mass is 10.1. The molecule has 0 spiro atoms. The van der Waals surface area contributed by atoms with Crippen LogP contribution in [0.2, 0.25) is 0 Å². The van der Waals surface area contributed by atoms with Gasteiger partial charge >= 0.3 is 5.97 Å². The van der Waals surface area contributed by atoms with Gasteiger partial charge in [-0.05, 0) is 66.6 Å². The molecule has 1 amide bonds. The normalized spacial score (nSPS) is 16.5. The maximum Gasteiger partial charge on any atom is 0.338 e. The lowest BCUT2D eigenvalue weighted by Gasteiger charge is -2.25. The zero-order chi connectivity index (χ0) is 19.7. The molecule has 28 heavy (non-hydrogen) atoms. The number of benzene rings is 2. The first-order valence-corrected chi connectivity index (χ1v) is 9.00. The molecule has 1 aliphatic heterocycles. The highest BCUT2D eigenvalue weighted by molar-refractivity contribution is 6.00. The van der Waals surface area contributed by atoms with Gasteiger partial charge in [-0.25, -0.2) is 9.48 Å². The number of anilines is 1. The molecule has 4 rings (SSSR count). The van der Waals surface area contributed by atoms with Crippen molar-refractivity contribution in [3.63, 3.8) is 0 Å². The summed E-state index contributed by atoms with van der Waals surface area (Å²) in [5.74, 6) is -0.777. The van der Waals surface area contributed by atoms with Gasteiger partial charge in [-0.15, -0.1) is 5.10 Å². The van der Waals surface area contributed by atoms with Crippen LogP contribution in [0.25, 0.3) is 5.69 Å². The standard InChI is InChI=1S/C20H19N5O3/c1-13-11-16-5-3-4-6-18(16)25(13)19(26)14(2)28-20(27)15-7-9-17(10-8-15)24-12-21-22-23-24/h3-10,12-14H,11H2,1-2H3/t13-,14+/m0/s1. The monoisotopic (exact) mass is 377 g/mol. The number of carbonyl (C=O) groups is 2. The Labute approximate surface area is 161 Å². The molecule has 0 radical (unpaired) electrons. The topological polar surface area (TPSA) is 90.2 Å². The van der Waals surface area contributed by atoms with Gasteiger partial charge in [0.15, 0.2) is 6.10 Å². The van der Waals surface area contributed by atoms with Crippen molar-refractivity contribution >= 4 is 17.6 Å². The van der Waals surface area contributed by atoms with Crippen LogP contribution in [0.5, 0.6) is 0 Å². The molecule has 142 valence electrons. The van der Waals surface area contributed by atoms with E-state index in [-0.39, 0.29) is 11.9 Å². The van der Waals surface area contributed by atoms with E-state index < -0.39 is 12.1 Å². The molecule has 2 heterocycles. The van der Waals surface area contributed by atoms with Crippen molar-refractivity contribution in [2.45, 2.75) is 32.4 Å². The summed E-state index contributed by atoms with van der Waals surface area (Å²) < 4.78 is 6.91. The van der Waals surface area contributed by atoms with Crippen LogP contribution in [0.15, 0.2) is 54.9 Å². The molecular weight excluding hydrogens is 358 g/mol. The van der Waals surface area contributed by atoms with E-state index in [1.54, 1.807) is 36.1 Å². The van der Waals surface area contributed by atoms with Crippen LogP contribution in [0.3, 0.4) is 0 Å². The molecule has 1 aromatic heterocycles. The number of hydrogen-bond acceptors (Lipinski definition) is 6. The summed E-state index contributed by atoms with van der Waals surface area (Å²) >= 11 is 0. The minimum Gasteiger partial charge on any atom is -0.449 e. The number of aromatic nitrogens is 4. The van der Waals surface area contributed by atoms with Crippen molar-refractivity contribution in [3.05, 3.63) is 66.0 Å². The van der Waals surface area contributed by atoms with Gasteiger partial charge in [0.2, 0.25) is 0 Å². The van der Waals surface area contributed by atoms with Gasteiger partial charge in [0.05, 0.1) is 11.3 Å². The third-order valence-corrected chi connectivity index (χ3v) is 4.79. The van der Waals surface area contributed by atoms with E-state index >= 15 is 0 Å². The highest BCUT2D eigenvalue weighted by Gasteiger charge is 2.34. The lowest BCUT2D eigenvalue weighted by molar-refractivity contribution is -0.126. The average molecular weight is 377 g/mol. The zero-order valence-electron chi connectivity index (χ0n) is 15.5. The van der Waals surface area contributed by atoms with Gasteiger partial charge in [-0.1, -0.05) is 18.2 Å². The highest BCUT2D eigenvalue weighted by atomic mass is 16.5. The van der Waals surface area contributed by atoms with Crippen molar-refractivity contribution in [1.82, 2.24) is 20.2 Å². The fourth-order valence-corrected chi connectivity index (χ4v) is 3.41. The van der Waals surface area contributed by atoms with Crippen LogP contribution in [-0.4, -0.2) is 44.2 Å². The summed E-state index contributed by atoms with van der Waals surface area (Å²) in [6, 6.07) is 14.5. The largest absolute Gasteiger partial charge is 0.449 e. The van der Waals surface area contributed by atoms with Gasteiger partial charge < -0.3 is 9.64 Å². The van der Waals surface area contributed by atoms with Crippen LogP contribution in [0, 0.1) is 0 Å². The Hall–Kier alpha value is -3.55. The minimum absolute atomic E-state index is 0.0293. The number of ether oxygens (including phenoxy) is 1. The van der Waals surface area contributed by atoms with Crippen molar-refractivity contribution in [2.75, 3.05) is 4.90 Å². The Bertz CT molecular complexity index is 1000.